The van der Waals surface area contributed by atoms with Gasteiger partial charge in [-0.2, -0.15) is 5.10 Å². The Morgan fingerprint density at radius 2 is 1.89 bits per heavy atom. The van der Waals surface area contributed by atoms with Crippen LogP contribution in [-0.2, 0) is 19.3 Å². The summed E-state index contributed by atoms with van der Waals surface area (Å²) in [5, 5.41) is 4.55. The van der Waals surface area contributed by atoms with Gasteiger partial charge in [-0.3, -0.25) is 4.68 Å². The molecule has 0 spiro atoms. The number of aryl methyl sites for hydroxylation is 2. The summed E-state index contributed by atoms with van der Waals surface area (Å²) in [5.74, 6) is 1.41. The highest BCUT2D eigenvalue weighted by atomic mass is 35.5. The van der Waals surface area contributed by atoms with Gasteiger partial charge < -0.3 is 4.57 Å². The van der Waals surface area contributed by atoms with Gasteiger partial charge in [-0.25, -0.2) is 4.98 Å². The molecule has 5 heteroatoms. The van der Waals surface area contributed by atoms with Crippen molar-refractivity contribution in [1.29, 1.82) is 0 Å². The Bertz CT molecular complexity index is 537. The molecule has 0 aliphatic heterocycles. The number of fused-ring (bicyclic) bond motifs is 1. The molecule has 0 aliphatic carbocycles. The number of hydrogen-bond donors (Lipinski definition) is 0. The molecule has 0 atom stereocenters. The van der Waals surface area contributed by atoms with Gasteiger partial charge in [-0.05, 0) is 19.3 Å². The zero-order valence-corrected chi connectivity index (χ0v) is 12.3. The number of hydrogen-bond acceptors (Lipinski definition) is 2. The molecule has 0 aliphatic rings. The van der Waals surface area contributed by atoms with E-state index in [2.05, 4.69) is 35.4 Å². The van der Waals surface area contributed by atoms with E-state index in [0.717, 1.165) is 41.9 Å². The molecule has 0 unspecified atom stereocenters. The van der Waals surface area contributed by atoms with Gasteiger partial charge in [-0.15, -0.1) is 11.6 Å². The normalized spacial score (nSPS) is 11.9. The number of nitrogens with zero attached hydrogens (tertiary/aromatic N) is 4. The molecule has 0 aromatic carbocycles. The van der Waals surface area contributed by atoms with Crippen LogP contribution in [0.1, 0.15) is 51.2 Å². The minimum Gasteiger partial charge on any atom is -0.309 e. The Labute approximate surface area is 113 Å². The molecule has 0 N–H and O–H groups in total. The van der Waals surface area contributed by atoms with Crippen LogP contribution in [0.2, 0.25) is 0 Å². The summed E-state index contributed by atoms with van der Waals surface area (Å²) >= 11 is 6.05. The molecular formula is C13H21ClN4. The molecule has 0 bridgehead atoms. The molecule has 2 heterocycles. The van der Waals surface area contributed by atoms with Crippen molar-refractivity contribution in [3.05, 3.63) is 11.5 Å². The highest BCUT2D eigenvalue weighted by Gasteiger charge is 2.21. The van der Waals surface area contributed by atoms with Crippen LogP contribution in [0, 0.1) is 0 Å². The van der Waals surface area contributed by atoms with Gasteiger partial charge in [0.2, 0.25) is 0 Å². The second kappa shape index (κ2) is 5.31. The molecule has 0 saturated carbocycles. The molecule has 2 aromatic rings. The predicted octanol–water partition coefficient (Wildman–Crippen LogP) is 3.43. The van der Waals surface area contributed by atoms with Crippen molar-refractivity contribution in [3.63, 3.8) is 0 Å². The molecule has 0 fully saturated rings. The molecule has 0 radical (unpaired) electrons. The molecule has 100 valence electrons. The van der Waals surface area contributed by atoms with E-state index in [9.17, 15) is 0 Å². The molecule has 0 amide bonds. The maximum absolute atomic E-state index is 6.05. The number of imidazole rings is 1. The largest absolute Gasteiger partial charge is 0.309 e. The van der Waals surface area contributed by atoms with Crippen LogP contribution in [0.4, 0.5) is 0 Å². The predicted molar refractivity (Wildman–Crippen MR) is 75.1 cm³/mol. The average molecular weight is 269 g/mol. The molecular weight excluding hydrogens is 248 g/mol. The number of halogens is 1. The summed E-state index contributed by atoms with van der Waals surface area (Å²) < 4.78 is 4.21. The minimum absolute atomic E-state index is 0.448. The fourth-order valence-corrected chi connectivity index (χ4v) is 2.81. The highest BCUT2D eigenvalue weighted by molar-refractivity contribution is 6.16. The first-order valence-corrected chi connectivity index (χ1v) is 7.19. The standard InChI is InChI=1S/C13H21ClN4/c1-5-9(6-2)18-11(8-14)15-12-10(7-3)16-17(4)13(12)18/h9H,5-8H2,1-4H3. The van der Waals surface area contributed by atoms with Crippen LogP contribution in [0.3, 0.4) is 0 Å². The fourth-order valence-electron chi connectivity index (χ4n) is 2.62. The third kappa shape index (κ3) is 1.92. The van der Waals surface area contributed by atoms with Crippen LogP contribution in [0.25, 0.3) is 11.2 Å². The monoisotopic (exact) mass is 268 g/mol. The van der Waals surface area contributed by atoms with Crippen LogP contribution < -0.4 is 0 Å². The molecule has 2 aromatic heterocycles. The lowest BCUT2D eigenvalue weighted by Crippen LogP contribution is -2.12. The minimum atomic E-state index is 0.448. The summed E-state index contributed by atoms with van der Waals surface area (Å²) in [6, 6.07) is 0.448. The fraction of sp³-hybridized carbons (Fsp3) is 0.692. The van der Waals surface area contributed by atoms with Gasteiger partial charge in [0.1, 0.15) is 11.3 Å². The lowest BCUT2D eigenvalue weighted by molar-refractivity contribution is 0.463. The molecule has 4 nitrogen and oxygen atoms in total. The van der Waals surface area contributed by atoms with Crippen molar-refractivity contribution in [1.82, 2.24) is 19.3 Å². The zero-order chi connectivity index (χ0) is 13.3. The van der Waals surface area contributed by atoms with Crippen molar-refractivity contribution in [2.75, 3.05) is 0 Å². The van der Waals surface area contributed by atoms with Crippen LogP contribution >= 0.6 is 11.6 Å². The van der Waals surface area contributed by atoms with Crippen molar-refractivity contribution in [2.24, 2.45) is 7.05 Å². The van der Waals surface area contributed by atoms with Crippen LogP contribution in [-0.4, -0.2) is 19.3 Å². The van der Waals surface area contributed by atoms with E-state index in [1.807, 2.05) is 11.7 Å². The van der Waals surface area contributed by atoms with Crippen molar-refractivity contribution in [3.8, 4) is 0 Å². The average Bonchev–Trinajstić information content (AvgIpc) is 2.90. The van der Waals surface area contributed by atoms with Gasteiger partial charge in [0, 0.05) is 13.1 Å². The van der Waals surface area contributed by atoms with Gasteiger partial charge in [0.05, 0.1) is 11.6 Å². The van der Waals surface area contributed by atoms with Crippen molar-refractivity contribution in [2.45, 2.75) is 52.0 Å². The van der Waals surface area contributed by atoms with E-state index < -0.39 is 0 Å². The Kier molecular flexibility index (Phi) is 3.95. The maximum Gasteiger partial charge on any atom is 0.158 e. The van der Waals surface area contributed by atoms with Crippen molar-refractivity contribution >= 4 is 22.8 Å². The second-order valence-electron chi connectivity index (χ2n) is 4.60. The first-order chi connectivity index (χ1) is 8.67. The van der Waals surface area contributed by atoms with E-state index in [4.69, 9.17) is 11.6 Å². The summed E-state index contributed by atoms with van der Waals surface area (Å²) in [4.78, 5) is 4.69. The van der Waals surface area contributed by atoms with E-state index in [-0.39, 0.29) is 0 Å². The molecule has 18 heavy (non-hydrogen) atoms. The third-order valence-electron chi connectivity index (χ3n) is 3.57. The number of alkyl halides is 1. The molecule has 2 rings (SSSR count). The smallest absolute Gasteiger partial charge is 0.158 e. The summed E-state index contributed by atoms with van der Waals surface area (Å²) in [5.41, 5.74) is 3.18. The van der Waals surface area contributed by atoms with E-state index in [1.54, 1.807) is 0 Å². The van der Waals surface area contributed by atoms with E-state index in [0.29, 0.717) is 11.9 Å². The summed E-state index contributed by atoms with van der Waals surface area (Å²) in [6.07, 6.45) is 3.07. The Morgan fingerprint density at radius 3 is 2.39 bits per heavy atom. The van der Waals surface area contributed by atoms with Gasteiger partial charge >= 0.3 is 0 Å². The summed E-state index contributed by atoms with van der Waals surface area (Å²) in [7, 11) is 1.99. The topological polar surface area (TPSA) is 35.6 Å². The maximum atomic E-state index is 6.05. The van der Waals surface area contributed by atoms with Gasteiger partial charge in [0.25, 0.3) is 0 Å². The summed E-state index contributed by atoms with van der Waals surface area (Å²) in [6.45, 7) is 6.52. The number of aromatic nitrogens is 4. The zero-order valence-electron chi connectivity index (χ0n) is 11.6. The van der Waals surface area contributed by atoms with Crippen LogP contribution in [0.5, 0.6) is 0 Å². The second-order valence-corrected chi connectivity index (χ2v) is 4.87. The lowest BCUT2D eigenvalue weighted by atomic mass is 10.1. The third-order valence-corrected chi connectivity index (χ3v) is 3.81. The van der Waals surface area contributed by atoms with Crippen molar-refractivity contribution < 1.29 is 0 Å². The van der Waals surface area contributed by atoms with Gasteiger partial charge in [0.15, 0.2) is 5.65 Å². The SMILES string of the molecule is CCc1nn(C)c2c1nc(CCl)n2C(CC)CC. The Morgan fingerprint density at radius 1 is 1.22 bits per heavy atom. The van der Waals surface area contributed by atoms with Crippen LogP contribution in [0.15, 0.2) is 0 Å². The van der Waals surface area contributed by atoms with E-state index in [1.165, 1.54) is 0 Å². The first kappa shape index (κ1) is 13.4. The Balaban J connectivity index is 2.72. The highest BCUT2D eigenvalue weighted by Crippen LogP contribution is 2.27. The van der Waals surface area contributed by atoms with E-state index >= 15 is 0 Å². The molecule has 0 saturated heterocycles. The number of rotatable bonds is 5. The quantitative estimate of drug-likeness (QED) is 0.779. The lowest BCUT2D eigenvalue weighted by Gasteiger charge is -2.18. The first-order valence-electron chi connectivity index (χ1n) is 6.66. The Hall–Kier alpha value is -1.03. The van der Waals surface area contributed by atoms with Gasteiger partial charge in [-0.1, -0.05) is 20.8 Å².